The Hall–Kier alpha value is -1.18. The molecule has 3 rings (SSSR count). The van der Waals surface area contributed by atoms with Gasteiger partial charge in [0, 0.05) is 6.07 Å². The molecule has 2 aromatic heterocycles. The van der Waals surface area contributed by atoms with Crippen LogP contribution in [0.3, 0.4) is 0 Å². The zero-order chi connectivity index (χ0) is 9.38. The Morgan fingerprint density at radius 3 is 2.64 bits per heavy atom. The fourth-order valence-electron chi connectivity index (χ4n) is 2.22. The Morgan fingerprint density at radius 2 is 2.00 bits per heavy atom. The zero-order valence-electron chi connectivity index (χ0n) is 8.16. The van der Waals surface area contributed by atoms with Gasteiger partial charge in [0.2, 0.25) is 0 Å². The number of hydrogen-bond acceptors (Lipinski definition) is 2. The van der Waals surface area contributed by atoms with E-state index in [4.69, 9.17) is 9.15 Å². The van der Waals surface area contributed by atoms with Crippen LogP contribution in [0.15, 0.2) is 22.6 Å². The van der Waals surface area contributed by atoms with Crippen molar-refractivity contribution in [2.75, 3.05) is 0 Å². The van der Waals surface area contributed by atoms with E-state index in [0.29, 0.717) is 6.10 Å². The lowest BCUT2D eigenvalue weighted by Crippen LogP contribution is -2.19. The van der Waals surface area contributed by atoms with Gasteiger partial charge in [-0.25, -0.2) is 0 Å². The zero-order valence-corrected chi connectivity index (χ0v) is 8.16. The highest BCUT2D eigenvalue weighted by atomic mass is 16.5. The van der Waals surface area contributed by atoms with Crippen LogP contribution in [0.5, 0.6) is 5.75 Å². The predicted molar refractivity (Wildman–Crippen MR) is 54.9 cm³/mol. The van der Waals surface area contributed by atoms with Crippen molar-refractivity contribution in [3.63, 3.8) is 0 Å². The molecule has 1 fully saturated rings. The largest absolute Gasteiger partial charge is 0.486 e. The van der Waals surface area contributed by atoms with Gasteiger partial charge in [0.15, 0.2) is 11.3 Å². The fourth-order valence-corrected chi connectivity index (χ4v) is 2.22. The maximum Gasteiger partial charge on any atom is 0.169 e. The summed E-state index contributed by atoms with van der Waals surface area (Å²) >= 11 is 0. The van der Waals surface area contributed by atoms with E-state index in [1.807, 2.05) is 18.2 Å². The Bertz CT molecular complexity index is 398. The van der Waals surface area contributed by atoms with Gasteiger partial charge in [-0.1, -0.05) is 6.42 Å². The molecule has 74 valence electrons. The summed E-state index contributed by atoms with van der Waals surface area (Å²) in [6.07, 6.45) is 6.79. The van der Waals surface area contributed by atoms with Gasteiger partial charge in [0.25, 0.3) is 0 Å². The molecule has 0 radical (unpaired) electrons. The second-order valence-electron chi connectivity index (χ2n) is 4.09. The van der Waals surface area contributed by atoms with E-state index in [-0.39, 0.29) is 0 Å². The van der Waals surface area contributed by atoms with Crippen molar-refractivity contribution in [3.8, 4) is 5.75 Å². The maximum atomic E-state index is 5.91. The number of benzene rings is 1. The molecule has 0 unspecified atom stereocenters. The summed E-state index contributed by atoms with van der Waals surface area (Å²) < 4.78 is 11.3. The molecule has 0 aromatic carbocycles. The maximum absolute atomic E-state index is 5.91. The van der Waals surface area contributed by atoms with Crippen LogP contribution in [0.25, 0.3) is 11.2 Å². The smallest absolute Gasteiger partial charge is 0.169 e. The molecule has 2 aromatic rings. The molecule has 0 N–H and O–H groups in total. The quantitative estimate of drug-likeness (QED) is 0.722. The van der Waals surface area contributed by atoms with Crippen LogP contribution in [0.2, 0.25) is 0 Å². The molecule has 1 aliphatic carbocycles. The number of rotatable bonds is 2. The van der Waals surface area contributed by atoms with Crippen LogP contribution in [0.4, 0.5) is 0 Å². The van der Waals surface area contributed by atoms with E-state index < -0.39 is 0 Å². The van der Waals surface area contributed by atoms with Crippen LogP contribution in [-0.4, -0.2) is 6.10 Å². The summed E-state index contributed by atoms with van der Waals surface area (Å²) in [5.41, 5.74) is 1.82. The van der Waals surface area contributed by atoms with Gasteiger partial charge in [-0.2, -0.15) is 0 Å². The van der Waals surface area contributed by atoms with Gasteiger partial charge >= 0.3 is 0 Å². The standard InChI is InChI=1S/C12H14O2/c1-2-4-9(5-3-1)13-12-8-10-6-7-11(12)14-10/h6-9H,1-5H2. The normalized spacial score (nSPS) is 19.1. The molecule has 2 bridgehead atoms. The van der Waals surface area contributed by atoms with Crippen molar-refractivity contribution in [1.29, 1.82) is 0 Å². The molecule has 2 heterocycles. The minimum Gasteiger partial charge on any atom is -0.486 e. The molecule has 1 saturated carbocycles. The van der Waals surface area contributed by atoms with Crippen molar-refractivity contribution in [2.24, 2.45) is 0 Å². The third-order valence-electron chi connectivity index (χ3n) is 2.99. The molecule has 2 heteroatoms. The fraction of sp³-hybridized carbons (Fsp3) is 0.500. The molecule has 14 heavy (non-hydrogen) atoms. The van der Waals surface area contributed by atoms with Gasteiger partial charge in [0.1, 0.15) is 5.58 Å². The van der Waals surface area contributed by atoms with Gasteiger partial charge in [0.05, 0.1) is 6.10 Å². The molecule has 1 aliphatic rings. The Kier molecular flexibility index (Phi) is 1.86. The lowest BCUT2D eigenvalue weighted by atomic mass is 9.98. The van der Waals surface area contributed by atoms with Gasteiger partial charge in [-0.15, -0.1) is 0 Å². The molecule has 0 amide bonds. The van der Waals surface area contributed by atoms with Crippen LogP contribution in [-0.2, 0) is 0 Å². The predicted octanol–water partition coefficient (Wildman–Crippen LogP) is 3.58. The first-order valence-corrected chi connectivity index (χ1v) is 5.40. The summed E-state index contributed by atoms with van der Waals surface area (Å²) in [4.78, 5) is 0. The second-order valence-corrected chi connectivity index (χ2v) is 4.09. The third-order valence-corrected chi connectivity index (χ3v) is 2.99. The van der Waals surface area contributed by atoms with Gasteiger partial charge in [-0.05, 0) is 37.8 Å². The van der Waals surface area contributed by atoms with E-state index in [1.54, 1.807) is 0 Å². The SMILES string of the molecule is c1cc2oc1cc2OC1CCCCC1. The molecule has 0 aliphatic heterocycles. The first kappa shape index (κ1) is 8.16. The first-order valence-electron chi connectivity index (χ1n) is 5.40. The summed E-state index contributed by atoms with van der Waals surface area (Å²) in [6, 6.07) is 5.94. The molecule has 2 nitrogen and oxygen atoms in total. The van der Waals surface area contributed by atoms with E-state index in [9.17, 15) is 0 Å². The average Bonchev–Trinajstić information content (AvgIpc) is 2.81. The monoisotopic (exact) mass is 190 g/mol. The summed E-state index contributed by atoms with van der Waals surface area (Å²) in [6.45, 7) is 0. The lowest BCUT2D eigenvalue weighted by molar-refractivity contribution is 0.156. The Labute approximate surface area is 83.2 Å². The first-order chi connectivity index (χ1) is 6.92. The Morgan fingerprint density at radius 1 is 1.14 bits per heavy atom. The number of ether oxygens (including phenoxy) is 1. The van der Waals surface area contributed by atoms with Crippen LogP contribution < -0.4 is 4.74 Å². The minimum absolute atomic E-state index is 0.416. The second kappa shape index (κ2) is 3.19. The summed E-state index contributed by atoms with van der Waals surface area (Å²) in [7, 11) is 0. The van der Waals surface area contributed by atoms with E-state index in [2.05, 4.69) is 0 Å². The van der Waals surface area contributed by atoms with Crippen LogP contribution in [0.1, 0.15) is 32.1 Å². The minimum atomic E-state index is 0.416. The number of furan rings is 2. The van der Waals surface area contributed by atoms with Crippen molar-refractivity contribution >= 4 is 11.2 Å². The highest BCUT2D eigenvalue weighted by Gasteiger charge is 2.17. The van der Waals surface area contributed by atoms with Crippen molar-refractivity contribution in [1.82, 2.24) is 0 Å². The van der Waals surface area contributed by atoms with Crippen LogP contribution in [0, 0.1) is 0 Å². The summed E-state index contributed by atoms with van der Waals surface area (Å²) in [5, 5.41) is 0. The highest BCUT2D eigenvalue weighted by Crippen LogP contribution is 2.32. The lowest BCUT2D eigenvalue weighted by Gasteiger charge is -2.22. The van der Waals surface area contributed by atoms with Gasteiger partial charge in [-0.3, -0.25) is 0 Å². The number of fused-ring (bicyclic) bond motifs is 2. The van der Waals surface area contributed by atoms with E-state index in [1.165, 1.54) is 32.1 Å². The molecular formula is C12H14O2. The molecule has 0 atom stereocenters. The topological polar surface area (TPSA) is 22.4 Å². The van der Waals surface area contributed by atoms with Crippen LogP contribution >= 0.6 is 0 Å². The molecular weight excluding hydrogens is 176 g/mol. The Balaban J connectivity index is 1.74. The number of hydrogen-bond donors (Lipinski definition) is 0. The van der Waals surface area contributed by atoms with Crippen molar-refractivity contribution in [2.45, 2.75) is 38.2 Å². The molecule has 0 saturated heterocycles. The highest BCUT2D eigenvalue weighted by molar-refractivity contribution is 5.69. The van der Waals surface area contributed by atoms with Crippen molar-refractivity contribution in [3.05, 3.63) is 18.2 Å². The molecule has 0 spiro atoms. The van der Waals surface area contributed by atoms with E-state index >= 15 is 0 Å². The third kappa shape index (κ3) is 1.35. The van der Waals surface area contributed by atoms with Crippen molar-refractivity contribution < 1.29 is 9.15 Å². The van der Waals surface area contributed by atoms with Gasteiger partial charge < -0.3 is 9.15 Å². The average molecular weight is 190 g/mol. The van der Waals surface area contributed by atoms with E-state index in [0.717, 1.165) is 16.9 Å². The summed E-state index contributed by atoms with van der Waals surface area (Å²) in [5.74, 6) is 0.939.